The molecule has 104 valence electrons. The molecule has 1 fully saturated rings. The van der Waals surface area contributed by atoms with Crippen LogP contribution in [0.15, 0.2) is 5.16 Å². The average Bonchev–Trinajstić information content (AvgIpc) is 3.01. The summed E-state index contributed by atoms with van der Waals surface area (Å²) in [5.41, 5.74) is -0.199. The fourth-order valence-electron chi connectivity index (χ4n) is 1.57. The first-order valence-corrected chi connectivity index (χ1v) is 6.04. The number of carbonyl (C=O) groups is 3. The second-order valence-corrected chi connectivity index (χ2v) is 4.65. The smallest absolute Gasteiger partial charge is 0.353 e. The topological polar surface area (TPSA) is 117 Å². The molecule has 8 nitrogen and oxygen atoms in total. The van der Waals surface area contributed by atoms with Crippen molar-refractivity contribution in [3.63, 3.8) is 0 Å². The molecule has 2 rings (SSSR count). The Bertz CT molecular complexity index is 444. The third-order valence-corrected chi connectivity index (χ3v) is 2.88. The summed E-state index contributed by atoms with van der Waals surface area (Å²) in [6.45, 7) is 1.56. The average molecular weight is 269 g/mol. The van der Waals surface area contributed by atoms with Gasteiger partial charge in [0.05, 0.1) is 0 Å². The zero-order chi connectivity index (χ0) is 14.0. The summed E-state index contributed by atoms with van der Waals surface area (Å²) in [6, 6.07) is -0.470. The standard InChI is InChI=1S/C11H15N3O5/c1-5(9(15)13-6-2-3-6)12-10(16)8-4-7(11(17)18)14-19-8/h5-6,8H,2-4H2,1H3,(H,12,16)(H,13,15)(H,17,18). The van der Waals surface area contributed by atoms with Crippen LogP contribution in [0.3, 0.4) is 0 Å². The number of nitrogens with one attached hydrogen (secondary N) is 2. The molecule has 1 aliphatic carbocycles. The van der Waals surface area contributed by atoms with E-state index in [-0.39, 0.29) is 24.1 Å². The molecule has 0 aromatic rings. The van der Waals surface area contributed by atoms with Gasteiger partial charge in [0.1, 0.15) is 6.04 Å². The van der Waals surface area contributed by atoms with Crippen molar-refractivity contribution in [3.8, 4) is 0 Å². The first kappa shape index (κ1) is 13.3. The SMILES string of the molecule is CC(NC(=O)C1CC(C(=O)O)=NO1)C(=O)NC1CC1. The molecule has 2 atom stereocenters. The second-order valence-electron chi connectivity index (χ2n) is 4.65. The van der Waals surface area contributed by atoms with Crippen molar-refractivity contribution < 1.29 is 24.3 Å². The van der Waals surface area contributed by atoms with Crippen LogP contribution in [0.2, 0.25) is 0 Å². The van der Waals surface area contributed by atoms with Crippen LogP contribution >= 0.6 is 0 Å². The van der Waals surface area contributed by atoms with Gasteiger partial charge in [0.15, 0.2) is 5.71 Å². The summed E-state index contributed by atoms with van der Waals surface area (Å²) < 4.78 is 0. The zero-order valence-electron chi connectivity index (χ0n) is 10.4. The van der Waals surface area contributed by atoms with Crippen molar-refractivity contribution in [2.75, 3.05) is 0 Å². The largest absolute Gasteiger partial charge is 0.477 e. The van der Waals surface area contributed by atoms with Gasteiger partial charge in [-0.05, 0) is 19.8 Å². The van der Waals surface area contributed by atoms with E-state index in [1.165, 1.54) is 0 Å². The highest BCUT2D eigenvalue weighted by Gasteiger charge is 2.33. The van der Waals surface area contributed by atoms with Crippen LogP contribution in [0.25, 0.3) is 0 Å². The molecule has 1 saturated carbocycles. The molecule has 0 radical (unpaired) electrons. The molecule has 1 heterocycles. The van der Waals surface area contributed by atoms with E-state index in [0.717, 1.165) is 12.8 Å². The highest BCUT2D eigenvalue weighted by atomic mass is 16.6. The fraction of sp³-hybridized carbons (Fsp3) is 0.636. The zero-order valence-corrected chi connectivity index (χ0v) is 10.4. The van der Waals surface area contributed by atoms with Gasteiger partial charge in [0.2, 0.25) is 12.0 Å². The lowest BCUT2D eigenvalue weighted by Gasteiger charge is -2.15. The Morgan fingerprint density at radius 2 is 2.11 bits per heavy atom. The van der Waals surface area contributed by atoms with E-state index >= 15 is 0 Å². The van der Waals surface area contributed by atoms with Crippen molar-refractivity contribution in [2.24, 2.45) is 5.16 Å². The first-order chi connectivity index (χ1) is 8.97. The van der Waals surface area contributed by atoms with Crippen molar-refractivity contribution >= 4 is 23.5 Å². The van der Waals surface area contributed by atoms with Crippen molar-refractivity contribution in [1.29, 1.82) is 0 Å². The number of aliphatic carboxylic acids is 1. The summed E-state index contributed by atoms with van der Waals surface area (Å²) in [6.07, 6.45) is 0.849. The van der Waals surface area contributed by atoms with Crippen LogP contribution in [0.5, 0.6) is 0 Å². The third-order valence-electron chi connectivity index (χ3n) is 2.88. The first-order valence-electron chi connectivity index (χ1n) is 6.04. The van der Waals surface area contributed by atoms with Crippen LogP contribution in [0, 0.1) is 0 Å². The van der Waals surface area contributed by atoms with Gasteiger partial charge in [-0.3, -0.25) is 9.59 Å². The lowest BCUT2D eigenvalue weighted by Crippen LogP contribution is -2.48. The Balaban J connectivity index is 1.78. The van der Waals surface area contributed by atoms with E-state index in [1.807, 2.05) is 0 Å². The van der Waals surface area contributed by atoms with Gasteiger partial charge in [-0.2, -0.15) is 0 Å². The molecule has 8 heteroatoms. The minimum Gasteiger partial charge on any atom is -0.477 e. The summed E-state index contributed by atoms with van der Waals surface area (Å²) in [5.74, 6) is -2.01. The monoisotopic (exact) mass is 269 g/mol. The van der Waals surface area contributed by atoms with Gasteiger partial charge in [-0.25, -0.2) is 4.79 Å². The minimum absolute atomic E-state index is 0.0991. The molecular formula is C11H15N3O5. The van der Waals surface area contributed by atoms with E-state index in [4.69, 9.17) is 9.94 Å². The van der Waals surface area contributed by atoms with Gasteiger partial charge < -0.3 is 20.6 Å². The van der Waals surface area contributed by atoms with E-state index in [9.17, 15) is 14.4 Å². The maximum Gasteiger partial charge on any atom is 0.353 e. The van der Waals surface area contributed by atoms with Crippen molar-refractivity contribution in [3.05, 3.63) is 0 Å². The van der Waals surface area contributed by atoms with Gasteiger partial charge in [-0.1, -0.05) is 5.16 Å². The van der Waals surface area contributed by atoms with Crippen LogP contribution in [0.1, 0.15) is 26.2 Å². The van der Waals surface area contributed by atoms with Crippen LogP contribution in [-0.2, 0) is 19.2 Å². The molecule has 2 unspecified atom stereocenters. The van der Waals surface area contributed by atoms with E-state index in [1.54, 1.807) is 6.92 Å². The number of hydrogen-bond acceptors (Lipinski definition) is 5. The highest BCUT2D eigenvalue weighted by Crippen LogP contribution is 2.18. The fourth-order valence-corrected chi connectivity index (χ4v) is 1.57. The maximum atomic E-state index is 11.7. The van der Waals surface area contributed by atoms with E-state index in [0.29, 0.717) is 0 Å². The third kappa shape index (κ3) is 3.43. The molecule has 0 aromatic heterocycles. The number of hydrogen-bond donors (Lipinski definition) is 3. The number of carboxylic acids is 1. The van der Waals surface area contributed by atoms with Gasteiger partial charge >= 0.3 is 5.97 Å². The quantitative estimate of drug-likeness (QED) is 0.591. The van der Waals surface area contributed by atoms with Crippen LogP contribution in [0.4, 0.5) is 0 Å². The molecule has 3 N–H and O–H groups in total. The van der Waals surface area contributed by atoms with Crippen molar-refractivity contribution in [1.82, 2.24) is 10.6 Å². The maximum absolute atomic E-state index is 11.7. The summed E-state index contributed by atoms with van der Waals surface area (Å²) in [4.78, 5) is 38.7. The Morgan fingerprint density at radius 1 is 1.42 bits per heavy atom. The highest BCUT2D eigenvalue weighted by molar-refractivity contribution is 6.36. The number of nitrogens with zero attached hydrogens (tertiary/aromatic N) is 1. The second kappa shape index (κ2) is 5.25. The summed E-state index contributed by atoms with van der Waals surface area (Å²) >= 11 is 0. The Morgan fingerprint density at radius 3 is 2.63 bits per heavy atom. The van der Waals surface area contributed by atoms with Crippen LogP contribution < -0.4 is 10.6 Å². The molecule has 0 bridgehead atoms. The molecular weight excluding hydrogens is 254 g/mol. The van der Waals surface area contributed by atoms with Gasteiger partial charge in [0, 0.05) is 12.5 Å². The van der Waals surface area contributed by atoms with Gasteiger partial charge in [0.25, 0.3) is 5.91 Å². The molecule has 19 heavy (non-hydrogen) atoms. The van der Waals surface area contributed by atoms with Crippen molar-refractivity contribution in [2.45, 2.75) is 44.4 Å². The lowest BCUT2D eigenvalue weighted by atomic mass is 10.1. The number of amides is 2. The summed E-state index contributed by atoms with van der Waals surface area (Å²) in [5, 5.41) is 17.2. The molecule has 0 spiro atoms. The number of carboxylic acid groups (broad SMARTS) is 1. The van der Waals surface area contributed by atoms with Crippen LogP contribution in [-0.4, -0.2) is 46.8 Å². The Kier molecular flexibility index (Phi) is 3.68. The summed E-state index contributed by atoms with van der Waals surface area (Å²) in [7, 11) is 0. The minimum atomic E-state index is -1.21. The van der Waals surface area contributed by atoms with E-state index in [2.05, 4.69) is 15.8 Å². The van der Waals surface area contributed by atoms with E-state index < -0.39 is 24.0 Å². The van der Waals surface area contributed by atoms with Gasteiger partial charge in [-0.15, -0.1) is 0 Å². The molecule has 2 aliphatic rings. The normalized spacial score (nSPS) is 23.0. The number of carbonyl (C=O) groups excluding carboxylic acids is 2. The predicted molar refractivity (Wildman–Crippen MR) is 63.3 cm³/mol. The Hall–Kier alpha value is -2.12. The number of oxime groups is 1. The number of rotatable bonds is 5. The predicted octanol–water partition coefficient (Wildman–Crippen LogP) is -1.00. The molecule has 0 saturated heterocycles. The lowest BCUT2D eigenvalue weighted by molar-refractivity contribution is -0.135. The molecule has 0 aromatic carbocycles. The Labute approximate surface area is 109 Å². The molecule has 2 amide bonds. The molecule has 1 aliphatic heterocycles.